The minimum absolute atomic E-state index is 0.0587. The molecule has 2 heterocycles. The van der Waals surface area contributed by atoms with Crippen molar-refractivity contribution in [2.75, 3.05) is 18.9 Å². The van der Waals surface area contributed by atoms with Crippen molar-refractivity contribution < 1.29 is 19.5 Å². The molecule has 1 aromatic rings. The second-order valence-corrected chi connectivity index (χ2v) is 4.46. The molecule has 1 fully saturated rings. The summed E-state index contributed by atoms with van der Waals surface area (Å²) in [5.41, 5.74) is 0. The molecule has 1 saturated heterocycles. The first-order valence-corrected chi connectivity index (χ1v) is 5.76. The molecular formula is C11H14N4O4. The van der Waals surface area contributed by atoms with Crippen molar-refractivity contribution in [1.29, 1.82) is 0 Å². The highest BCUT2D eigenvalue weighted by molar-refractivity contribution is 5.96. The van der Waals surface area contributed by atoms with Gasteiger partial charge in [0.1, 0.15) is 6.54 Å². The summed E-state index contributed by atoms with van der Waals surface area (Å²) in [6, 6.07) is 1.52. The minimum Gasteiger partial charge on any atom is -0.480 e. The zero-order valence-electron chi connectivity index (χ0n) is 10.4. The molecule has 0 spiro atoms. The number of carbonyl (C=O) groups is 3. The fraction of sp³-hybridized carbons (Fsp3) is 0.455. The van der Waals surface area contributed by atoms with Crippen molar-refractivity contribution in [2.24, 2.45) is 5.92 Å². The molecule has 1 aliphatic rings. The molecule has 8 heteroatoms. The molecule has 19 heavy (non-hydrogen) atoms. The average Bonchev–Trinajstić information content (AvgIpc) is 2.86. The third-order valence-electron chi connectivity index (χ3n) is 2.90. The van der Waals surface area contributed by atoms with Crippen LogP contribution in [-0.2, 0) is 20.9 Å². The van der Waals surface area contributed by atoms with E-state index in [-0.39, 0.29) is 36.5 Å². The number of hydrogen-bond donors (Lipinski definition) is 2. The Hall–Kier alpha value is -2.38. The largest absolute Gasteiger partial charge is 0.480 e. The van der Waals surface area contributed by atoms with Gasteiger partial charge in [-0.2, -0.15) is 5.10 Å². The van der Waals surface area contributed by atoms with E-state index in [0.717, 1.165) is 0 Å². The molecule has 0 saturated carbocycles. The monoisotopic (exact) mass is 266 g/mol. The van der Waals surface area contributed by atoms with Crippen LogP contribution in [-0.4, -0.2) is 51.2 Å². The van der Waals surface area contributed by atoms with Crippen molar-refractivity contribution in [3.8, 4) is 0 Å². The number of nitrogens with one attached hydrogen (secondary N) is 1. The van der Waals surface area contributed by atoms with E-state index >= 15 is 0 Å². The number of carboxylic acids is 1. The first kappa shape index (κ1) is 13.1. The maximum Gasteiger partial charge on any atom is 0.325 e. The van der Waals surface area contributed by atoms with Crippen LogP contribution in [0.25, 0.3) is 0 Å². The van der Waals surface area contributed by atoms with Crippen LogP contribution in [0.1, 0.15) is 6.42 Å². The number of anilines is 1. The molecular weight excluding hydrogens is 252 g/mol. The quantitative estimate of drug-likeness (QED) is 0.756. The van der Waals surface area contributed by atoms with Crippen LogP contribution in [0.15, 0.2) is 12.3 Å². The number of rotatable bonds is 4. The lowest BCUT2D eigenvalue weighted by molar-refractivity contribution is -0.137. The molecule has 0 radical (unpaired) electrons. The minimum atomic E-state index is -1.01. The van der Waals surface area contributed by atoms with Gasteiger partial charge in [0.05, 0.1) is 5.92 Å². The SMILES string of the molecule is CN1CC(C(=O)Nc2ccn(CC(=O)O)n2)CC1=O. The molecule has 1 aromatic heterocycles. The first-order valence-electron chi connectivity index (χ1n) is 5.76. The highest BCUT2D eigenvalue weighted by atomic mass is 16.4. The van der Waals surface area contributed by atoms with Crippen LogP contribution in [0.5, 0.6) is 0 Å². The molecule has 2 N–H and O–H groups in total. The van der Waals surface area contributed by atoms with Gasteiger partial charge in [-0.1, -0.05) is 0 Å². The summed E-state index contributed by atoms with van der Waals surface area (Å²) in [4.78, 5) is 35.2. The van der Waals surface area contributed by atoms with Crippen LogP contribution in [0.4, 0.5) is 5.82 Å². The van der Waals surface area contributed by atoms with Gasteiger partial charge >= 0.3 is 5.97 Å². The molecule has 102 valence electrons. The summed E-state index contributed by atoms with van der Waals surface area (Å²) in [5.74, 6) is -1.45. The zero-order chi connectivity index (χ0) is 14.0. The standard InChI is InChI=1S/C11H14N4O4/c1-14-5-7(4-9(14)16)11(19)12-8-2-3-15(13-8)6-10(17)18/h2-3,7H,4-6H2,1H3,(H,17,18)(H,12,13,19). The van der Waals surface area contributed by atoms with Crippen LogP contribution in [0.3, 0.4) is 0 Å². The third-order valence-corrected chi connectivity index (χ3v) is 2.90. The van der Waals surface area contributed by atoms with Crippen LogP contribution < -0.4 is 5.32 Å². The topological polar surface area (TPSA) is 105 Å². The van der Waals surface area contributed by atoms with Crippen LogP contribution in [0, 0.1) is 5.92 Å². The lowest BCUT2D eigenvalue weighted by Gasteiger charge is -2.09. The summed E-state index contributed by atoms with van der Waals surface area (Å²) >= 11 is 0. The van der Waals surface area contributed by atoms with Crippen LogP contribution in [0.2, 0.25) is 0 Å². The van der Waals surface area contributed by atoms with Gasteiger partial charge in [-0.05, 0) is 0 Å². The second-order valence-electron chi connectivity index (χ2n) is 4.46. The average molecular weight is 266 g/mol. The lowest BCUT2D eigenvalue weighted by Crippen LogP contribution is -2.26. The zero-order valence-corrected chi connectivity index (χ0v) is 10.4. The number of carbonyl (C=O) groups excluding carboxylic acids is 2. The van der Waals surface area contributed by atoms with E-state index in [4.69, 9.17) is 5.11 Å². The Labute approximate surface area is 109 Å². The highest BCUT2D eigenvalue weighted by Crippen LogP contribution is 2.17. The van der Waals surface area contributed by atoms with Crippen molar-refractivity contribution in [3.63, 3.8) is 0 Å². The Bertz CT molecular complexity index is 525. The Morgan fingerprint density at radius 1 is 1.58 bits per heavy atom. The van der Waals surface area contributed by atoms with E-state index in [9.17, 15) is 14.4 Å². The summed E-state index contributed by atoms with van der Waals surface area (Å²) in [5, 5.41) is 15.1. The van der Waals surface area contributed by atoms with Gasteiger partial charge < -0.3 is 15.3 Å². The maximum atomic E-state index is 11.9. The summed E-state index contributed by atoms with van der Waals surface area (Å²) in [7, 11) is 1.65. The Balaban J connectivity index is 1.94. The summed E-state index contributed by atoms with van der Waals surface area (Å²) in [6.07, 6.45) is 1.66. The molecule has 0 aromatic carbocycles. The van der Waals surface area contributed by atoms with Crippen LogP contribution >= 0.6 is 0 Å². The van der Waals surface area contributed by atoms with Gasteiger partial charge in [0.15, 0.2) is 5.82 Å². The van der Waals surface area contributed by atoms with E-state index in [1.54, 1.807) is 7.05 Å². The van der Waals surface area contributed by atoms with E-state index in [0.29, 0.717) is 6.54 Å². The summed E-state index contributed by atoms with van der Waals surface area (Å²) in [6.45, 7) is 0.126. The fourth-order valence-electron chi connectivity index (χ4n) is 1.92. The number of carboxylic acid groups (broad SMARTS) is 1. The Kier molecular flexibility index (Phi) is 3.50. The number of hydrogen-bond acceptors (Lipinski definition) is 4. The molecule has 1 unspecified atom stereocenters. The fourth-order valence-corrected chi connectivity index (χ4v) is 1.92. The van der Waals surface area contributed by atoms with Crippen molar-refractivity contribution in [2.45, 2.75) is 13.0 Å². The van der Waals surface area contributed by atoms with E-state index in [1.165, 1.54) is 21.8 Å². The molecule has 0 aliphatic carbocycles. The number of aliphatic carboxylic acids is 1. The smallest absolute Gasteiger partial charge is 0.325 e. The molecule has 1 atom stereocenters. The third kappa shape index (κ3) is 3.09. The second kappa shape index (κ2) is 5.09. The predicted octanol–water partition coefficient (Wildman–Crippen LogP) is -0.615. The van der Waals surface area contributed by atoms with Crippen molar-refractivity contribution >= 4 is 23.6 Å². The molecule has 0 bridgehead atoms. The van der Waals surface area contributed by atoms with Gasteiger partial charge in [-0.3, -0.25) is 19.1 Å². The van der Waals surface area contributed by atoms with E-state index < -0.39 is 5.97 Å². The van der Waals surface area contributed by atoms with Gasteiger partial charge in [-0.15, -0.1) is 0 Å². The lowest BCUT2D eigenvalue weighted by atomic mass is 10.1. The van der Waals surface area contributed by atoms with E-state index in [2.05, 4.69) is 10.4 Å². The normalized spacial score (nSPS) is 18.7. The van der Waals surface area contributed by atoms with Gasteiger partial charge in [0.2, 0.25) is 11.8 Å². The first-order chi connectivity index (χ1) is 8.95. The number of aromatic nitrogens is 2. The Morgan fingerprint density at radius 2 is 2.32 bits per heavy atom. The van der Waals surface area contributed by atoms with E-state index in [1.807, 2.05) is 0 Å². The van der Waals surface area contributed by atoms with Gasteiger partial charge in [-0.25, -0.2) is 0 Å². The molecule has 1 aliphatic heterocycles. The number of likely N-dealkylation sites (tertiary alicyclic amines) is 1. The Morgan fingerprint density at radius 3 is 2.89 bits per heavy atom. The highest BCUT2D eigenvalue weighted by Gasteiger charge is 2.32. The number of amides is 2. The maximum absolute atomic E-state index is 11.9. The summed E-state index contributed by atoms with van der Waals surface area (Å²) < 4.78 is 1.21. The van der Waals surface area contributed by atoms with Gasteiger partial charge in [0.25, 0.3) is 0 Å². The molecule has 2 rings (SSSR count). The predicted molar refractivity (Wildman–Crippen MR) is 64.2 cm³/mol. The van der Waals surface area contributed by atoms with Crippen molar-refractivity contribution in [1.82, 2.24) is 14.7 Å². The molecule has 8 nitrogen and oxygen atoms in total. The molecule has 2 amide bonds. The van der Waals surface area contributed by atoms with Crippen molar-refractivity contribution in [3.05, 3.63) is 12.3 Å². The van der Waals surface area contributed by atoms with Gasteiger partial charge in [0, 0.05) is 32.3 Å². The number of nitrogens with zero attached hydrogens (tertiary/aromatic N) is 3.